The Labute approximate surface area is 302 Å². The maximum absolute atomic E-state index is 11.4. The van der Waals surface area contributed by atoms with Gasteiger partial charge in [0.2, 0.25) is 5.89 Å². The number of pyridine rings is 2. The molecule has 52 heavy (non-hydrogen) atoms. The monoisotopic (exact) mass is 695 g/mol. The SMILES string of the molecule is Cc1c(Nc2nccc3cc(CN[C@@H](C)CO)cnc23)cccc1-c1cccc(-c2nc3cc(CN4CCC(C(=O)O)CC4)cc(C#N)c3o2)c1C. The van der Waals surface area contributed by atoms with E-state index in [1.807, 2.05) is 55.6 Å². The zero-order valence-electron chi connectivity index (χ0n) is 29.5. The molecular weight excluding hydrogens is 654 g/mol. The Hall–Kier alpha value is -5.67. The van der Waals surface area contributed by atoms with Gasteiger partial charge in [0, 0.05) is 48.2 Å². The zero-order chi connectivity index (χ0) is 36.4. The van der Waals surface area contributed by atoms with E-state index in [-0.39, 0.29) is 18.6 Å². The number of carbonyl (C=O) groups is 1. The second-order valence-electron chi connectivity index (χ2n) is 13.6. The first-order valence-electron chi connectivity index (χ1n) is 17.6. The van der Waals surface area contributed by atoms with Gasteiger partial charge in [0.15, 0.2) is 11.4 Å². The minimum atomic E-state index is -0.730. The van der Waals surface area contributed by atoms with Crippen molar-refractivity contribution < 1.29 is 19.4 Å². The fraction of sp³-hybridized carbons (Fsp3) is 0.293. The Morgan fingerprint density at radius 3 is 2.52 bits per heavy atom. The van der Waals surface area contributed by atoms with E-state index in [2.05, 4.69) is 58.6 Å². The van der Waals surface area contributed by atoms with Gasteiger partial charge in [-0.15, -0.1) is 0 Å². The van der Waals surface area contributed by atoms with Crippen LogP contribution in [0.2, 0.25) is 0 Å². The molecule has 3 aromatic heterocycles. The first-order chi connectivity index (χ1) is 25.2. The third-order valence-electron chi connectivity index (χ3n) is 10.0. The number of oxazole rings is 1. The van der Waals surface area contributed by atoms with E-state index in [9.17, 15) is 20.3 Å². The van der Waals surface area contributed by atoms with Gasteiger partial charge < -0.3 is 25.3 Å². The van der Waals surface area contributed by atoms with Crippen LogP contribution in [0.15, 0.2) is 77.5 Å². The molecule has 4 N–H and O–H groups in total. The van der Waals surface area contributed by atoms with Crippen molar-refractivity contribution in [2.45, 2.75) is 52.7 Å². The van der Waals surface area contributed by atoms with E-state index >= 15 is 0 Å². The van der Waals surface area contributed by atoms with Crippen LogP contribution in [0.5, 0.6) is 0 Å². The molecule has 0 radical (unpaired) electrons. The molecule has 1 atom stereocenters. The first kappa shape index (κ1) is 34.8. The number of likely N-dealkylation sites (tertiary alicyclic amines) is 1. The van der Waals surface area contributed by atoms with Crippen LogP contribution in [-0.4, -0.2) is 61.8 Å². The van der Waals surface area contributed by atoms with Crippen LogP contribution in [0.4, 0.5) is 11.5 Å². The second-order valence-corrected chi connectivity index (χ2v) is 13.6. The van der Waals surface area contributed by atoms with Gasteiger partial charge in [-0.1, -0.05) is 24.3 Å². The number of fused-ring (bicyclic) bond motifs is 2. The van der Waals surface area contributed by atoms with Gasteiger partial charge in [-0.2, -0.15) is 5.26 Å². The van der Waals surface area contributed by atoms with Crippen LogP contribution < -0.4 is 10.6 Å². The average Bonchev–Trinajstić information content (AvgIpc) is 3.59. The summed E-state index contributed by atoms with van der Waals surface area (Å²) in [5, 5.41) is 36.5. The van der Waals surface area contributed by atoms with Crippen LogP contribution in [0.3, 0.4) is 0 Å². The Bertz CT molecular complexity index is 2320. The number of hydrogen-bond donors (Lipinski definition) is 4. The molecule has 0 amide bonds. The molecule has 1 fully saturated rings. The van der Waals surface area contributed by atoms with E-state index in [0.29, 0.717) is 67.4 Å². The molecule has 4 heterocycles. The molecule has 3 aromatic carbocycles. The molecule has 264 valence electrons. The van der Waals surface area contributed by atoms with E-state index in [0.717, 1.165) is 55.5 Å². The third-order valence-corrected chi connectivity index (χ3v) is 10.0. The van der Waals surface area contributed by atoms with E-state index < -0.39 is 5.97 Å². The normalized spacial score (nSPS) is 14.4. The number of anilines is 2. The van der Waals surface area contributed by atoms with Crippen molar-refractivity contribution in [1.29, 1.82) is 5.26 Å². The number of aromatic nitrogens is 3. The molecule has 11 nitrogen and oxygen atoms in total. The molecule has 0 spiro atoms. The van der Waals surface area contributed by atoms with Gasteiger partial charge in [-0.3, -0.25) is 14.7 Å². The Kier molecular flexibility index (Phi) is 9.96. The minimum absolute atomic E-state index is 0.00167. The zero-order valence-corrected chi connectivity index (χ0v) is 29.5. The van der Waals surface area contributed by atoms with Crippen LogP contribution in [0.1, 0.15) is 47.6 Å². The average molecular weight is 696 g/mol. The van der Waals surface area contributed by atoms with Crippen molar-refractivity contribution in [3.05, 3.63) is 101 Å². The predicted molar refractivity (Wildman–Crippen MR) is 201 cm³/mol. The van der Waals surface area contributed by atoms with Crippen LogP contribution >= 0.6 is 0 Å². The number of hydrogen-bond acceptors (Lipinski definition) is 10. The minimum Gasteiger partial charge on any atom is -0.481 e. The van der Waals surface area contributed by atoms with Crippen molar-refractivity contribution in [3.8, 4) is 28.7 Å². The lowest BCUT2D eigenvalue weighted by Crippen LogP contribution is -2.35. The standard InChI is InChI=1S/C41H41N7O4/c1-24(23-49)44-20-28-17-30-10-13-43-39(37(30)45-21-28)46-35-9-5-7-33(26(35)3)32-6-4-8-34(25(32)2)40-47-36-18-27(16-31(19-42)38(36)52-40)22-48-14-11-29(12-15-48)41(50)51/h4-10,13,16-18,21,24,29,44,49H,11-12,14-15,20,22-23H2,1-3H3,(H,43,46)(H,50,51)/t24-/m0/s1. The van der Waals surface area contributed by atoms with Crippen molar-refractivity contribution in [2.24, 2.45) is 5.92 Å². The summed E-state index contributed by atoms with van der Waals surface area (Å²) in [4.78, 5) is 27.9. The Balaban J connectivity index is 1.15. The number of piperidine rings is 1. The number of carboxylic acids is 1. The highest BCUT2D eigenvalue weighted by Crippen LogP contribution is 2.38. The summed E-state index contributed by atoms with van der Waals surface area (Å²) in [5.74, 6) is 0.0852. The van der Waals surface area contributed by atoms with Crippen molar-refractivity contribution in [3.63, 3.8) is 0 Å². The van der Waals surface area contributed by atoms with E-state index in [1.54, 1.807) is 6.20 Å². The molecule has 0 unspecified atom stereocenters. The molecule has 1 saturated heterocycles. The maximum atomic E-state index is 11.4. The van der Waals surface area contributed by atoms with E-state index in [4.69, 9.17) is 14.4 Å². The summed E-state index contributed by atoms with van der Waals surface area (Å²) in [6.07, 6.45) is 4.85. The summed E-state index contributed by atoms with van der Waals surface area (Å²) in [7, 11) is 0. The number of nitrogens with zero attached hydrogens (tertiary/aromatic N) is 5. The third kappa shape index (κ3) is 7.09. The number of benzene rings is 3. The molecule has 0 saturated carbocycles. The summed E-state index contributed by atoms with van der Waals surface area (Å²) in [6, 6.07) is 22.4. The lowest BCUT2D eigenvalue weighted by molar-refractivity contribution is -0.143. The highest BCUT2D eigenvalue weighted by atomic mass is 16.4. The van der Waals surface area contributed by atoms with Gasteiger partial charge in [0.25, 0.3) is 0 Å². The smallest absolute Gasteiger partial charge is 0.306 e. The summed E-state index contributed by atoms with van der Waals surface area (Å²) < 4.78 is 6.29. The van der Waals surface area contributed by atoms with Gasteiger partial charge in [-0.25, -0.2) is 9.97 Å². The fourth-order valence-corrected chi connectivity index (χ4v) is 6.98. The van der Waals surface area contributed by atoms with Gasteiger partial charge in [0.1, 0.15) is 17.1 Å². The topological polar surface area (TPSA) is 160 Å². The van der Waals surface area contributed by atoms with Gasteiger partial charge in [-0.05, 0) is 116 Å². The van der Waals surface area contributed by atoms with Crippen LogP contribution in [0.25, 0.3) is 44.6 Å². The molecule has 0 bridgehead atoms. The number of carboxylic acid groups (broad SMARTS) is 1. The lowest BCUT2D eigenvalue weighted by atomic mass is 9.93. The predicted octanol–water partition coefficient (Wildman–Crippen LogP) is 7.10. The number of nitriles is 1. The molecule has 1 aliphatic heterocycles. The maximum Gasteiger partial charge on any atom is 0.306 e. The molecule has 0 aliphatic carbocycles. The van der Waals surface area contributed by atoms with Crippen molar-refractivity contribution >= 4 is 39.5 Å². The molecule has 6 aromatic rings. The number of nitrogens with one attached hydrogen (secondary N) is 2. The molecule has 7 rings (SSSR count). The second kappa shape index (κ2) is 14.9. The van der Waals surface area contributed by atoms with Crippen molar-refractivity contribution in [2.75, 3.05) is 25.0 Å². The highest BCUT2D eigenvalue weighted by Gasteiger charge is 2.25. The highest BCUT2D eigenvalue weighted by molar-refractivity contribution is 5.91. The van der Waals surface area contributed by atoms with Gasteiger partial charge in [0.05, 0.1) is 18.1 Å². The van der Waals surface area contributed by atoms with Gasteiger partial charge >= 0.3 is 5.97 Å². The number of rotatable bonds is 11. The summed E-state index contributed by atoms with van der Waals surface area (Å²) in [5.41, 5.74) is 10.1. The molecule has 1 aliphatic rings. The Morgan fingerprint density at radius 1 is 1.02 bits per heavy atom. The number of aliphatic carboxylic acids is 1. The van der Waals surface area contributed by atoms with Crippen LogP contribution in [-0.2, 0) is 17.9 Å². The quantitative estimate of drug-likeness (QED) is 0.109. The van der Waals surface area contributed by atoms with E-state index in [1.165, 1.54) is 0 Å². The Morgan fingerprint density at radius 2 is 1.77 bits per heavy atom. The number of aliphatic hydroxyl groups is 1. The van der Waals surface area contributed by atoms with Crippen molar-refractivity contribution in [1.82, 2.24) is 25.2 Å². The van der Waals surface area contributed by atoms with Crippen LogP contribution in [0, 0.1) is 31.1 Å². The fourth-order valence-electron chi connectivity index (χ4n) is 6.98. The number of aliphatic hydroxyl groups excluding tert-OH is 1. The summed E-state index contributed by atoms with van der Waals surface area (Å²) in [6.45, 7) is 8.76. The largest absolute Gasteiger partial charge is 0.481 e. The summed E-state index contributed by atoms with van der Waals surface area (Å²) >= 11 is 0. The molecule has 11 heteroatoms. The lowest BCUT2D eigenvalue weighted by Gasteiger charge is -2.30. The molecular formula is C41H41N7O4. The first-order valence-corrected chi connectivity index (χ1v) is 17.6.